The molecule has 4 rings (SSSR count). The summed E-state index contributed by atoms with van der Waals surface area (Å²) in [7, 11) is -0.771. The number of aromatic nitrogens is 2. The second-order valence-corrected chi connectivity index (χ2v) is 9.97. The van der Waals surface area contributed by atoms with Gasteiger partial charge < -0.3 is 14.0 Å². The Labute approximate surface area is 194 Å². The number of nitrogens with one attached hydrogen (secondary N) is 1. The van der Waals surface area contributed by atoms with Crippen molar-refractivity contribution in [2.45, 2.75) is 18.4 Å². The lowest BCUT2D eigenvalue weighted by Gasteiger charge is -2.10. The third-order valence-corrected chi connectivity index (χ3v) is 7.49. The SMILES string of the molecule is COc1ccc(CNS(=O)(=O)c2cc(-c3nc(-c4cccc(F)c4)no3)sc2C)cc1OC. The predicted molar refractivity (Wildman–Crippen MR) is 121 cm³/mol. The molecule has 0 fully saturated rings. The van der Waals surface area contributed by atoms with Crippen molar-refractivity contribution in [2.24, 2.45) is 0 Å². The Balaban J connectivity index is 1.54. The zero-order valence-electron chi connectivity index (χ0n) is 18.0. The number of hydrogen-bond donors (Lipinski definition) is 1. The van der Waals surface area contributed by atoms with Gasteiger partial charge in [-0.25, -0.2) is 17.5 Å². The van der Waals surface area contributed by atoms with E-state index in [2.05, 4.69) is 14.9 Å². The maximum Gasteiger partial charge on any atom is 0.268 e. The first-order valence-electron chi connectivity index (χ1n) is 9.71. The Hall–Kier alpha value is -3.28. The third kappa shape index (κ3) is 4.90. The van der Waals surface area contributed by atoms with Crippen molar-refractivity contribution in [3.05, 3.63) is 64.8 Å². The fourth-order valence-corrected chi connectivity index (χ4v) is 5.68. The van der Waals surface area contributed by atoms with E-state index in [0.29, 0.717) is 32.4 Å². The van der Waals surface area contributed by atoms with Crippen LogP contribution in [0.4, 0.5) is 4.39 Å². The highest BCUT2D eigenvalue weighted by molar-refractivity contribution is 7.89. The van der Waals surface area contributed by atoms with Crippen molar-refractivity contribution in [1.82, 2.24) is 14.9 Å². The second-order valence-electron chi connectivity index (χ2n) is 6.98. The summed E-state index contributed by atoms with van der Waals surface area (Å²) in [6, 6.07) is 12.5. The van der Waals surface area contributed by atoms with Crippen molar-refractivity contribution in [1.29, 1.82) is 0 Å². The molecule has 0 atom stereocenters. The van der Waals surface area contributed by atoms with Crippen LogP contribution in [0, 0.1) is 12.7 Å². The number of aryl methyl sites for hydroxylation is 1. The van der Waals surface area contributed by atoms with Gasteiger partial charge in [-0.05, 0) is 42.8 Å². The Morgan fingerprint density at radius 2 is 1.88 bits per heavy atom. The highest BCUT2D eigenvalue weighted by Crippen LogP contribution is 2.34. The van der Waals surface area contributed by atoms with Gasteiger partial charge in [-0.1, -0.05) is 23.4 Å². The Morgan fingerprint density at radius 1 is 1.09 bits per heavy atom. The van der Waals surface area contributed by atoms with Gasteiger partial charge in [0.1, 0.15) is 5.82 Å². The number of hydrogen-bond acceptors (Lipinski definition) is 8. The molecule has 2 heterocycles. The molecule has 172 valence electrons. The zero-order valence-corrected chi connectivity index (χ0v) is 19.6. The fraction of sp³-hybridized carbons (Fsp3) is 0.182. The summed E-state index contributed by atoms with van der Waals surface area (Å²) in [5, 5.41) is 3.88. The first-order valence-corrected chi connectivity index (χ1v) is 12.0. The average Bonchev–Trinajstić information content (AvgIpc) is 3.45. The molecule has 1 N–H and O–H groups in total. The number of rotatable bonds is 8. The lowest BCUT2D eigenvalue weighted by molar-refractivity contribution is 0.354. The first-order chi connectivity index (χ1) is 15.8. The Kier molecular flexibility index (Phi) is 6.45. The molecule has 0 aliphatic heterocycles. The molecule has 2 aromatic heterocycles. The van der Waals surface area contributed by atoms with Crippen LogP contribution in [0.3, 0.4) is 0 Å². The number of sulfonamides is 1. The molecule has 0 radical (unpaired) electrons. The highest BCUT2D eigenvalue weighted by atomic mass is 32.2. The number of nitrogens with zero attached hydrogens (tertiary/aromatic N) is 2. The third-order valence-electron chi connectivity index (χ3n) is 4.80. The summed E-state index contributed by atoms with van der Waals surface area (Å²) >= 11 is 1.21. The molecular formula is C22H20FN3O5S2. The van der Waals surface area contributed by atoms with Gasteiger partial charge in [0.05, 0.1) is 24.0 Å². The minimum atomic E-state index is -3.81. The minimum Gasteiger partial charge on any atom is -0.493 e. The standard InChI is InChI=1S/C22H20FN3O5S2/c1-13-20(33(27,28)24-12-14-7-8-17(29-2)18(9-14)30-3)11-19(32-13)22-25-21(26-31-22)15-5-4-6-16(23)10-15/h4-11,24H,12H2,1-3H3. The quantitative estimate of drug-likeness (QED) is 0.391. The van der Waals surface area contributed by atoms with Crippen molar-refractivity contribution in [3.63, 3.8) is 0 Å². The second kappa shape index (κ2) is 9.30. The molecule has 0 amide bonds. The van der Waals surface area contributed by atoms with Crippen LogP contribution in [0.2, 0.25) is 0 Å². The molecule has 11 heteroatoms. The molecule has 4 aromatic rings. The van der Waals surface area contributed by atoms with Gasteiger partial charge in [0, 0.05) is 17.0 Å². The lowest BCUT2D eigenvalue weighted by Crippen LogP contribution is -2.23. The molecule has 8 nitrogen and oxygen atoms in total. The monoisotopic (exact) mass is 489 g/mol. The van der Waals surface area contributed by atoms with Crippen LogP contribution >= 0.6 is 11.3 Å². The summed E-state index contributed by atoms with van der Waals surface area (Å²) in [4.78, 5) is 5.46. The van der Waals surface area contributed by atoms with Crippen LogP contribution in [-0.4, -0.2) is 32.8 Å². The summed E-state index contributed by atoms with van der Waals surface area (Å²) in [5.74, 6) is 1.02. The van der Waals surface area contributed by atoms with Crippen LogP contribution in [-0.2, 0) is 16.6 Å². The zero-order chi connectivity index (χ0) is 23.6. The summed E-state index contributed by atoms with van der Waals surface area (Å²) in [6.45, 7) is 1.76. The van der Waals surface area contributed by atoms with Crippen LogP contribution < -0.4 is 14.2 Å². The maximum absolute atomic E-state index is 13.5. The van der Waals surface area contributed by atoms with Crippen molar-refractivity contribution in [2.75, 3.05) is 14.2 Å². The van der Waals surface area contributed by atoms with E-state index in [4.69, 9.17) is 14.0 Å². The minimum absolute atomic E-state index is 0.0670. The van der Waals surface area contributed by atoms with Gasteiger partial charge in [0.2, 0.25) is 15.8 Å². The molecule has 33 heavy (non-hydrogen) atoms. The van der Waals surface area contributed by atoms with Gasteiger partial charge in [-0.3, -0.25) is 0 Å². The predicted octanol–water partition coefficient (Wildman–Crippen LogP) is 4.41. The van der Waals surface area contributed by atoms with Gasteiger partial charge >= 0.3 is 0 Å². The average molecular weight is 490 g/mol. The highest BCUT2D eigenvalue weighted by Gasteiger charge is 2.23. The van der Waals surface area contributed by atoms with E-state index >= 15 is 0 Å². The van der Waals surface area contributed by atoms with Crippen LogP contribution in [0.15, 0.2) is 57.9 Å². The summed E-state index contributed by atoms with van der Waals surface area (Å²) in [5.41, 5.74) is 1.17. The maximum atomic E-state index is 13.5. The molecule has 0 spiro atoms. The van der Waals surface area contributed by atoms with Gasteiger partial charge in [0.25, 0.3) is 5.89 Å². The molecule has 0 aliphatic rings. The molecule has 0 saturated heterocycles. The van der Waals surface area contributed by atoms with Gasteiger partial charge in [-0.2, -0.15) is 4.98 Å². The van der Waals surface area contributed by atoms with E-state index in [9.17, 15) is 12.8 Å². The van der Waals surface area contributed by atoms with Crippen molar-refractivity contribution < 1.29 is 26.8 Å². The lowest BCUT2D eigenvalue weighted by atomic mass is 10.2. The molecule has 0 bridgehead atoms. The van der Waals surface area contributed by atoms with Crippen LogP contribution in [0.25, 0.3) is 22.2 Å². The van der Waals surface area contributed by atoms with Crippen molar-refractivity contribution in [3.8, 4) is 33.7 Å². The van der Waals surface area contributed by atoms with E-state index in [1.807, 2.05) is 0 Å². The summed E-state index contributed by atoms with van der Waals surface area (Å²) < 4.78 is 57.7. The van der Waals surface area contributed by atoms with E-state index in [-0.39, 0.29) is 23.2 Å². The smallest absolute Gasteiger partial charge is 0.268 e. The largest absolute Gasteiger partial charge is 0.493 e. The van der Waals surface area contributed by atoms with E-state index in [0.717, 1.165) is 0 Å². The number of ether oxygens (including phenoxy) is 2. The van der Waals surface area contributed by atoms with E-state index < -0.39 is 15.8 Å². The fourth-order valence-electron chi connectivity index (χ4n) is 3.15. The van der Waals surface area contributed by atoms with Crippen molar-refractivity contribution >= 4 is 21.4 Å². The normalized spacial score (nSPS) is 11.5. The van der Waals surface area contributed by atoms with Gasteiger partial charge in [-0.15, -0.1) is 11.3 Å². The molecule has 0 aliphatic carbocycles. The van der Waals surface area contributed by atoms with Gasteiger partial charge in [0.15, 0.2) is 11.5 Å². The van der Waals surface area contributed by atoms with Crippen LogP contribution in [0.5, 0.6) is 11.5 Å². The Bertz CT molecular complexity index is 1400. The molecule has 0 unspecified atom stereocenters. The van der Waals surface area contributed by atoms with Crippen LogP contribution in [0.1, 0.15) is 10.4 Å². The molecule has 2 aromatic carbocycles. The molecular weight excluding hydrogens is 469 g/mol. The Morgan fingerprint density at radius 3 is 2.61 bits per heavy atom. The summed E-state index contributed by atoms with van der Waals surface area (Å²) in [6.07, 6.45) is 0. The topological polar surface area (TPSA) is 104 Å². The number of thiophene rings is 1. The first kappa shape index (κ1) is 22.9. The van der Waals surface area contributed by atoms with E-state index in [1.165, 1.54) is 43.8 Å². The van der Waals surface area contributed by atoms with E-state index in [1.54, 1.807) is 37.3 Å². The molecule has 0 saturated carbocycles. The number of halogens is 1. The number of benzene rings is 2. The number of methoxy groups -OCH3 is 2.